The summed E-state index contributed by atoms with van der Waals surface area (Å²) in [5.74, 6) is 0.678. The number of nitrogens with one attached hydrogen (secondary N) is 1. The fraction of sp³-hybridized carbons (Fsp3) is 0.222. The van der Waals surface area contributed by atoms with Crippen LogP contribution in [-0.2, 0) is 9.59 Å². The van der Waals surface area contributed by atoms with Gasteiger partial charge in [0, 0.05) is 25.3 Å². The largest absolute Gasteiger partial charge is 0.493 e. The van der Waals surface area contributed by atoms with Crippen LogP contribution >= 0.6 is 0 Å². The fourth-order valence-electron chi connectivity index (χ4n) is 2.05. The van der Waals surface area contributed by atoms with Gasteiger partial charge in [-0.1, -0.05) is 18.2 Å². The molecule has 2 aromatic rings. The number of rotatable bonds is 6. The number of para-hydroxylation sites is 2. The Labute approximate surface area is 141 Å². The molecule has 2 amide bonds. The molecule has 24 heavy (non-hydrogen) atoms. The molecule has 126 valence electrons. The number of hydrogen-bond acceptors (Lipinski definition) is 4. The number of anilines is 2. The van der Waals surface area contributed by atoms with Gasteiger partial charge in [0.25, 0.3) is 5.91 Å². The van der Waals surface area contributed by atoms with Gasteiger partial charge in [-0.3, -0.25) is 9.59 Å². The molecule has 0 heterocycles. The average molecular weight is 328 g/mol. The van der Waals surface area contributed by atoms with Crippen LogP contribution in [0.25, 0.3) is 0 Å². The van der Waals surface area contributed by atoms with E-state index >= 15 is 0 Å². The third-order valence-corrected chi connectivity index (χ3v) is 3.42. The number of methoxy groups -OCH3 is 1. The molecule has 0 atom stereocenters. The minimum atomic E-state index is -0.302. The zero-order valence-corrected chi connectivity index (χ0v) is 13.9. The van der Waals surface area contributed by atoms with Gasteiger partial charge in [0.05, 0.1) is 7.11 Å². The first-order chi connectivity index (χ1) is 11.5. The highest BCUT2D eigenvalue weighted by atomic mass is 16.5. The predicted molar refractivity (Wildman–Crippen MR) is 92.6 cm³/mol. The van der Waals surface area contributed by atoms with E-state index in [1.807, 2.05) is 6.07 Å². The van der Waals surface area contributed by atoms with Crippen molar-refractivity contribution < 1.29 is 19.1 Å². The summed E-state index contributed by atoms with van der Waals surface area (Å²) in [5, 5.41) is 2.74. The van der Waals surface area contributed by atoms with Gasteiger partial charge in [-0.2, -0.15) is 0 Å². The molecule has 0 aliphatic rings. The molecular weight excluding hydrogens is 308 g/mol. The number of hydrogen-bond donors (Lipinski definition) is 1. The van der Waals surface area contributed by atoms with Crippen molar-refractivity contribution in [1.82, 2.24) is 0 Å². The Morgan fingerprint density at radius 2 is 1.79 bits per heavy atom. The number of nitrogens with zero attached hydrogens (tertiary/aromatic N) is 1. The van der Waals surface area contributed by atoms with Crippen LogP contribution in [0.4, 0.5) is 11.4 Å². The Balaban J connectivity index is 1.97. The lowest BCUT2D eigenvalue weighted by atomic mass is 10.2. The molecule has 0 unspecified atom stereocenters. The molecule has 1 N–H and O–H groups in total. The standard InChI is InChI=1S/C18H20N2O4/c1-13(21)20(2)15-8-6-7-14(11-15)19-18(22)12-24-17-10-5-4-9-16(17)23-3/h4-11H,12H2,1-3H3,(H,19,22). The molecule has 0 radical (unpaired) electrons. The predicted octanol–water partition coefficient (Wildman–Crippen LogP) is 2.70. The third-order valence-electron chi connectivity index (χ3n) is 3.42. The van der Waals surface area contributed by atoms with Gasteiger partial charge >= 0.3 is 0 Å². The van der Waals surface area contributed by atoms with Crippen LogP contribution in [0.5, 0.6) is 11.5 Å². The van der Waals surface area contributed by atoms with Gasteiger partial charge in [-0.15, -0.1) is 0 Å². The van der Waals surface area contributed by atoms with Crippen LogP contribution < -0.4 is 19.7 Å². The summed E-state index contributed by atoms with van der Waals surface area (Å²) in [5.41, 5.74) is 1.29. The third kappa shape index (κ3) is 4.49. The zero-order chi connectivity index (χ0) is 17.5. The van der Waals surface area contributed by atoms with Gasteiger partial charge in [0.15, 0.2) is 18.1 Å². The quantitative estimate of drug-likeness (QED) is 0.885. The molecule has 6 nitrogen and oxygen atoms in total. The highest BCUT2D eigenvalue weighted by molar-refractivity contribution is 5.94. The van der Waals surface area contributed by atoms with Crippen LogP contribution in [0.3, 0.4) is 0 Å². The minimum Gasteiger partial charge on any atom is -0.493 e. The average Bonchev–Trinajstić information content (AvgIpc) is 2.59. The van der Waals surface area contributed by atoms with Crippen LogP contribution in [-0.4, -0.2) is 32.6 Å². The van der Waals surface area contributed by atoms with E-state index in [2.05, 4.69) is 5.32 Å². The zero-order valence-electron chi connectivity index (χ0n) is 13.9. The molecule has 0 saturated heterocycles. The molecule has 2 rings (SSSR count). The van der Waals surface area contributed by atoms with E-state index in [1.165, 1.54) is 11.8 Å². The molecule has 0 saturated carbocycles. The minimum absolute atomic E-state index is 0.0852. The number of ether oxygens (including phenoxy) is 2. The maximum absolute atomic E-state index is 12.0. The highest BCUT2D eigenvalue weighted by Gasteiger charge is 2.09. The summed E-state index contributed by atoms with van der Waals surface area (Å²) in [6.45, 7) is 1.33. The first-order valence-corrected chi connectivity index (χ1v) is 7.41. The first kappa shape index (κ1) is 17.3. The normalized spacial score (nSPS) is 9.96. The lowest BCUT2D eigenvalue weighted by Gasteiger charge is -2.16. The number of amides is 2. The molecule has 6 heteroatoms. The number of carbonyl (C=O) groups is 2. The van der Waals surface area contributed by atoms with Gasteiger partial charge in [-0.25, -0.2) is 0 Å². The van der Waals surface area contributed by atoms with Crippen LogP contribution in [0.1, 0.15) is 6.92 Å². The smallest absolute Gasteiger partial charge is 0.262 e. The van der Waals surface area contributed by atoms with Crippen molar-refractivity contribution in [3.05, 3.63) is 48.5 Å². The molecule has 0 fully saturated rings. The maximum Gasteiger partial charge on any atom is 0.262 e. The summed E-state index contributed by atoms with van der Waals surface area (Å²) in [6.07, 6.45) is 0. The molecule has 0 spiro atoms. The van der Waals surface area contributed by atoms with Crippen molar-refractivity contribution in [3.63, 3.8) is 0 Å². The Morgan fingerprint density at radius 1 is 1.08 bits per heavy atom. The Bertz CT molecular complexity index is 730. The van der Waals surface area contributed by atoms with E-state index < -0.39 is 0 Å². The highest BCUT2D eigenvalue weighted by Crippen LogP contribution is 2.25. The Hall–Kier alpha value is -3.02. The summed E-state index contributed by atoms with van der Waals surface area (Å²) in [7, 11) is 3.22. The van der Waals surface area contributed by atoms with Crippen LogP contribution in [0.2, 0.25) is 0 Å². The Kier molecular flexibility index (Phi) is 5.78. The molecular formula is C18H20N2O4. The van der Waals surface area contributed by atoms with Gasteiger partial charge < -0.3 is 19.7 Å². The van der Waals surface area contributed by atoms with Crippen molar-refractivity contribution >= 4 is 23.2 Å². The van der Waals surface area contributed by atoms with E-state index in [4.69, 9.17) is 9.47 Å². The van der Waals surface area contributed by atoms with Gasteiger partial charge in [0.1, 0.15) is 0 Å². The molecule has 0 aromatic heterocycles. The van der Waals surface area contributed by atoms with E-state index in [0.717, 1.165) is 0 Å². The Morgan fingerprint density at radius 3 is 2.46 bits per heavy atom. The lowest BCUT2D eigenvalue weighted by molar-refractivity contribution is -0.118. The molecule has 0 aliphatic carbocycles. The molecule has 0 aliphatic heterocycles. The van der Waals surface area contributed by atoms with Gasteiger partial charge in [-0.05, 0) is 30.3 Å². The van der Waals surface area contributed by atoms with Crippen molar-refractivity contribution in [2.75, 3.05) is 31.0 Å². The van der Waals surface area contributed by atoms with Gasteiger partial charge in [0.2, 0.25) is 5.91 Å². The van der Waals surface area contributed by atoms with Crippen molar-refractivity contribution in [2.24, 2.45) is 0 Å². The van der Waals surface area contributed by atoms with E-state index in [1.54, 1.807) is 56.6 Å². The second-order valence-corrected chi connectivity index (χ2v) is 5.12. The molecule has 2 aromatic carbocycles. The summed E-state index contributed by atoms with van der Waals surface area (Å²) < 4.78 is 10.6. The monoisotopic (exact) mass is 328 g/mol. The SMILES string of the molecule is COc1ccccc1OCC(=O)Nc1cccc(N(C)C(C)=O)c1. The summed E-state index contributed by atoms with van der Waals surface area (Å²) in [6, 6.07) is 14.2. The van der Waals surface area contributed by atoms with Crippen LogP contribution in [0.15, 0.2) is 48.5 Å². The van der Waals surface area contributed by atoms with Crippen molar-refractivity contribution in [1.29, 1.82) is 0 Å². The summed E-state index contributed by atoms with van der Waals surface area (Å²) in [4.78, 5) is 24.9. The lowest BCUT2D eigenvalue weighted by Crippen LogP contribution is -2.23. The summed E-state index contributed by atoms with van der Waals surface area (Å²) >= 11 is 0. The topological polar surface area (TPSA) is 67.9 Å². The second kappa shape index (κ2) is 8.01. The molecule has 0 bridgehead atoms. The van der Waals surface area contributed by atoms with E-state index in [-0.39, 0.29) is 18.4 Å². The first-order valence-electron chi connectivity index (χ1n) is 7.41. The maximum atomic E-state index is 12.0. The fourth-order valence-corrected chi connectivity index (χ4v) is 2.05. The van der Waals surface area contributed by atoms with E-state index in [9.17, 15) is 9.59 Å². The number of benzene rings is 2. The van der Waals surface area contributed by atoms with Crippen molar-refractivity contribution in [3.8, 4) is 11.5 Å². The van der Waals surface area contributed by atoms with Crippen LogP contribution in [0, 0.1) is 0 Å². The van der Waals surface area contributed by atoms with Crippen molar-refractivity contribution in [2.45, 2.75) is 6.92 Å². The second-order valence-electron chi connectivity index (χ2n) is 5.12. The van der Waals surface area contributed by atoms with E-state index in [0.29, 0.717) is 22.9 Å². The number of carbonyl (C=O) groups excluding carboxylic acids is 2.